The highest BCUT2D eigenvalue weighted by Gasteiger charge is 2.32. The quantitative estimate of drug-likeness (QED) is 0.850. The molecule has 8 heteroatoms. The summed E-state index contributed by atoms with van der Waals surface area (Å²) in [4.78, 5) is 22.3. The Balaban J connectivity index is 3.01. The Morgan fingerprint density at radius 3 is 2.56 bits per heavy atom. The average Bonchev–Trinajstić information content (AvgIpc) is 2.26. The summed E-state index contributed by atoms with van der Waals surface area (Å²) in [6.07, 6.45) is -4.54. The van der Waals surface area contributed by atoms with Gasteiger partial charge in [0.2, 0.25) is 0 Å². The zero-order valence-electron chi connectivity index (χ0n) is 9.23. The van der Waals surface area contributed by atoms with Crippen molar-refractivity contribution in [2.24, 2.45) is 5.18 Å². The van der Waals surface area contributed by atoms with Crippen LogP contribution < -0.4 is 0 Å². The molecule has 1 rings (SSSR count). The van der Waals surface area contributed by atoms with Crippen LogP contribution in [0.4, 0.5) is 18.9 Å². The number of amides is 1. The second-order valence-electron chi connectivity index (χ2n) is 3.54. The molecule has 5 nitrogen and oxygen atoms in total. The Morgan fingerprint density at radius 2 is 2.06 bits per heavy atom. The van der Waals surface area contributed by atoms with Gasteiger partial charge in [-0.05, 0) is 17.3 Å². The average molecular weight is 262 g/mol. The SMILES string of the molecule is CN(CC(F)(F)F)C(=O)c1cccc(N=O)c1O. The van der Waals surface area contributed by atoms with Gasteiger partial charge in [-0.3, -0.25) is 4.79 Å². The maximum absolute atomic E-state index is 12.1. The lowest BCUT2D eigenvalue weighted by Gasteiger charge is -2.19. The zero-order valence-corrected chi connectivity index (χ0v) is 9.23. The predicted molar refractivity (Wildman–Crippen MR) is 56.6 cm³/mol. The summed E-state index contributed by atoms with van der Waals surface area (Å²) in [6.45, 7) is -1.45. The molecule has 1 amide bonds. The van der Waals surface area contributed by atoms with Crippen LogP contribution in [0.15, 0.2) is 23.4 Å². The summed E-state index contributed by atoms with van der Waals surface area (Å²) < 4.78 is 36.3. The van der Waals surface area contributed by atoms with E-state index < -0.39 is 35.6 Å². The molecule has 1 aromatic carbocycles. The Bertz CT molecular complexity index is 474. The first-order valence-corrected chi connectivity index (χ1v) is 4.74. The first-order valence-electron chi connectivity index (χ1n) is 4.74. The topological polar surface area (TPSA) is 70.0 Å². The van der Waals surface area contributed by atoms with Crippen molar-refractivity contribution in [2.75, 3.05) is 13.6 Å². The second kappa shape index (κ2) is 5.03. The molecule has 0 aliphatic rings. The zero-order chi connectivity index (χ0) is 13.9. The molecule has 0 atom stereocenters. The number of hydrogen-bond donors (Lipinski definition) is 1. The number of phenolic OH excluding ortho intramolecular Hbond substituents is 1. The van der Waals surface area contributed by atoms with Gasteiger partial charge < -0.3 is 10.0 Å². The summed E-state index contributed by atoms with van der Waals surface area (Å²) in [6, 6.07) is 3.49. The van der Waals surface area contributed by atoms with Crippen molar-refractivity contribution in [2.45, 2.75) is 6.18 Å². The van der Waals surface area contributed by atoms with Crippen molar-refractivity contribution in [3.8, 4) is 5.75 Å². The summed E-state index contributed by atoms with van der Waals surface area (Å²) in [7, 11) is 0.941. The molecule has 0 heterocycles. The van der Waals surface area contributed by atoms with E-state index in [2.05, 4.69) is 5.18 Å². The van der Waals surface area contributed by atoms with Gasteiger partial charge >= 0.3 is 6.18 Å². The van der Waals surface area contributed by atoms with Crippen molar-refractivity contribution in [1.29, 1.82) is 0 Å². The normalized spacial score (nSPS) is 11.1. The molecule has 0 aliphatic carbocycles. The molecule has 0 radical (unpaired) electrons. The van der Waals surface area contributed by atoms with Crippen molar-refractivity contribution in [3.63, 3.8) is 0 Å². The van der Waals surface area contributed by atoms with Gasteiger partial charge in [0.05, 0.1) is 5.56 Å². The molecule has 0 fully saturated rings. The van der Waals surface area contributed by atoms with Crippen LogP contribution in [0, 0.1) is 4.91 Å². The van der Waals surface area contributed by atoms with Crippen LogP contribution in [0.3, 0.4) is 0 Å². The number of hydrogen-bond acceptors (Lipinski definition) is 4. The van der Waals surface area contributed by atoms with Gasteiger partial charge in [-0.2, -0.15) is 13.2 Å². The summed E-state index contributed by atoms with van der Waals surface area (Å²) in [5.41, 5.74) is -0.805. The van der Waals surface area contributed by atoms with E-state index in [0.717, 1.165) is 19.2 Å². The summed E-state index contributed by atoms with van der Waals surface area (Å²) in [5, 5.41) is 11.9. The van der Waals surface area contributed by atoms with Crippen LogP contribution in [0.1, 0.15) is 10.4 Å². The third kappa shape index (κ3) is 3.19. The number of benzene rings is 1. The number of aromatic hydroxyl groups is 1. The third-order valence-corrected chi connectivity index (χ3v) is 2.11. The Labute approximate surface area is 99.8 Å². The Kier molecular flexibility index (Phi) is 3.89. The monoisotopic (exact) mass is 262 g/mol. The fraction of sp³-hybridized carbons (Fsp3) is 0.300. The van der Waals surface area contributed by atoms with Crippen LogP contribution in [0.2, 0.25) is 0 Å². The molecule has 18 heavy (non-hydrogen) atoms. The summed E-state index contributed by atoms with van der Waals surface area (Å²) in [5.74, 6) is -1.78. The molecule has 0 saturated carbocycles. The lowest BCUT2D eigenvalue weighted by molar-refractivity contribution is -0.138. The number of nitroso groups, excluding NO2 is 1. The predicted octanol–water partition coefficient (Wildman–Crippen LogP) is 2.42. The molecule has 0 saturated heterocycles. The van der Waals surface area contributed by atoms with Crippen LogP contribution in [-0.4, -0.2) is 35.7 Å². The maximum Gasteiger partial charge on any atom is 0.406 e. The van der Waals surface area contributed by atoms with Gasteiger partial charge in [0.15, 0.2) is 5.75 Å². The fourth-order valence-corrected chi connectivity index (χ4v) is 1.32. The Morgan fingerprint density at radius 1 is 1.44 bits per heavy atom. The lowest BCUT2D eigenvalue weighted by Crippen LogP contribution is -2.35. The number of carbonyl (C=O) groups excluding carboxylic acids is 1. The highest BCUT2D eigenvalue weighted by molar-refractivity contribution is 5.98. The maximum atomic E-state index is 12.1. The number of rotatable bonds is 3. The van der Waals surface area contributed by atoms with Crippen LogP contribution in [0.5, 0.6) is 5.75 Å². The van der Waals surface area contributed by atoms with Gasteiger partial charge in [0.1, 0.15) is 12.2 Å². The van der Waals surface area contributed by atoms with Crippen molar-refractivity contribution in [3.05, 3.63) is 28.7 Å². The fourth-order valence-electron chi connectivity index (χ4n) is 1.32. The van der Waals surface area contributed by atoms with E-state index in [9.17, 15) is 28.0 Å². The first-order chi connectivity index (χ1) is 8.26. The largest absolute Gasteiger partial charge is 0.505 e. The molecule has 1 aromatic rings. The third-order valence-electron chi connectivity index (χ3n) is 2.11. The minimum absolute atomic E-state index is 0.392. The summed E-state index contributed by atoms with van der Waals surface area (Å²) >= 11 is 0. The minimum atomic E-state index is -4.54. The van der Waals surface area contributed by atoms with Crippen molar-refractivity contribution >= 4 is 11.6 Å². The second-order valence-corrected chi connectivity index (χ2v) is 3.54. The molecule has 0 aliphatic heterocycles. The van der Waals surface area contributed by atoms with E-state index in [1.807, 2.05) is 0 Å². The van der Waals surface area contributed by atoms with E-state index in [-0.39, 0.29) is 0 Å². The van der Waals surface area contributed by atoms with E-state index in [4.69, 9.17) is 0 Å². The molecule has 0 unspecified atom stereocenters. The highest BCUT2D eigenvalue weighted by Crippen LogP contribution is 2.30. The molecule has 98 valence electrons. The van der Waals surface area contributed by atoms with Gasteiger partial charge in [-0.25, -0.2) is 0 Å². The lowest BCUT2D eigenvalue weighted by atomic mass is 10.1. The molecule has 1 N–H and O–H groups in total. The van der Waals surface area contributed by atoms with Crippen LogP contribution in [0.25, 0.3) is 0 Å². The molecular weight excluding hydrogens is 253 g/mol. The van der Waals surface area contributed by atoms with Gasteiger partial charge in [-0.1, -0.05) is 6.07 Å². The number of halogens is 3. The first kappa shape index (κ1) is 13.9. The van der Waals surface area contributed by atoms with E-state index in [0.29, 0.717) is 4.90 Å². The number of carbonyl (C=O) groups is 1. The standard InChI is InChI=1S/C10H9F3N2O3/c1-15(5-10(11,12)13)9(17)6-3-2-4-7(14-18)8(6)16/h2-4,16H,5H2,1H3. The van der Waals surface area contributed by atoms with Gasteiger partial charge in [0.25, 0.3) is 5.91 Å². The van der Waals surface area contributed by atoms with Crippen molar-refractivity contribution in [1.82, 2.24) is 4.90 Å². The number of phenols is 1. The molecule has 0 spiro atoms. The molecule has 0 aromatic heterocycles. The number of alkyl halides is 3. The Hall–Kier alpha value is -2.12. The van der Waals surface area contributed by atoms with Crippen LogP contribution >= 0.6 is 0 Å². The molecular formula is C10H9F3N2O3. The van der Waals surface area contributed by atoms with Gasteiger partial charge in [0, 0.05) is 7.05 Å². The highest BCUT2D eigenvalue weighted by atomic mass is 19.4. The number of nitrogens with zero attached hydrogens (tertiary/aromatic N) is 2. The van der Waals surface area contributed by atoms with Gasteiger partial charge in [-0.15, -0.1) is 4.91 Å². The van der Waals surface area contributed by atoms with E-state index in [1.165, 1.54) is 6.07 Å². The molecule has 0 bridgehead atoms. The van der Waals surface area contributed by atoms with Crippen LogP contribution in [-0.2, 0) is 0 Å². The van der Waals surface area contributed by atoms with E-state index in [1.54, 1.807) is 0 Å². The van der Waals surface area contributed by atoms with Crippen molar-refractivity contribution < 1.29 is 23.1 Å². The number of para-hydroxylation sites is 1. The van der Waals surface area contributed by atoms with E-state index >= 15 is 0 Å². The minimum Gasteiger partial charge on any atom is -0.505 e. The smallest absolute Gasteiger partial charge is 0.406 e.